The van der Waals surface area contributed by atoms with Crippen molar-refractivity contribution in [2.24, 2.45) is 0 Å². The number of hydrogen-bond donors (Lipinski definition) is 2. The van der Waals surface area contributed by atoms with Crippen LogP contribution in [-0.4, -0.2) is 94.2 Å². The molecule has 2 fully saturated rings. The molecule has 2 saturated heterocycles. The van der Waals surface area contributed by atoms with Crippen molar-refractivity contribution in [3.05, 3.63) is 58.9 Å². The zero-order valence-electron chi connectivity index (χ0n) is 20.9. The maximum atomic E-state index is 14.5. The second-order valence-electron chi connectivity index (χ2n) is 8.64. The van der Waals surface area contributed by atoms with Crippen LogP contribution in [0.3, 0.4) is 0 Å². The minimum Gasteiger partial charge on any atom is -0.478 e. The molecule has 2 aliphatic heterocycles. The number of piperazine rings is 1. The van der Waals surface area contributed by atoms with Gasteiger partial charge in [-0.05, 0) is 57.4 Å². The first-order valence-corrected chi connectivity index (χ1v) is 11.9. The highest BCUT2D eigenvalue weighted by atomic mass is 19.1. The summed E-state index contributed by atoms with van der Waals surface area (Å²) < 4.78 is 19.9. The molecule has 10 heteroatoms. The highest BCUT2D eigenvalue weighted by Gasteiger charge is 2.28. The Kier molecular flexibility index (Phi) is 9.38. The van der Waals surface area contributed by atoms with Gasteiger partial charge in [0.2, 0.25) is 0 Å². The zero-order valence-corrected chi connectivity index (χ0v) is 20.9. The van der Waals surface area contributed by atoms with Crippen LogP contribution < -0.4 is 15.1 Å². The second kappa shape index (κ2) is 12.5. The molecule has 0 radical (unpaired) electrons. The van der Waals surface area contributed by atoms with Crippen LogP contribution in [0.4, 0.5) is 15.8 Å². The van der Waals surface area contributed by atoms with Crippen molar-refractivity contribution in [2.45, 2.75) is 6.92 Å². The first-order chi connectivity index (χ1) is 17.3. The molecular weight excluding hydrogens is 467 g/mol. The maximum Gasteiger partial charge on any atom is 0.335 e. The van der Waals surface area contributed by atoms with Gasteiger partial charge in [-0.1, -0.05) is 0 Å². The number of anilines is 2. The minimum atomic E-state index is -1.09. The number of aromatic carboxylic acids is 1. The average Bonchev–Trinajstić information content (AvgIpc) is 2.89. The first kappa shape index (κ1) is 27.1. The lowest BCUT2D eigenvalue weighted by Crippen LogP contribution is -2.49. The van der Waals surface area contributed by atoms with Crippen molar-refractivity contribution >= 4 is 29.0 Å². The lowest BCUT2D eigenvalue weighted by atomic mass is 10.0. The van der Waals surface area contributed by atoms with Crippen LogP contribution in [0.1, 0.15) is 38.0 Å². The Bertz CT molecular complexity index is 1100. The molecule has 1 amide bonds. The summed E-state index contributed by atoms with van der Waals surface area (Å²) in [4.78, 5) is 42.0. The Morgan fingerprint density at radius 1 is 0.861 bits per heavy atom. The van der Waals surface area contributed by atoms with Crippen molar-refractivity contribution in [1.82, 2.24) is 10.2 Å². The predicted octanol–water partition coefficient (Wildman–Crippen LogP) is 2.36. The van der Waals surface area contributed by atoms with Gasteiger partial charge in [0.05, 0.1) is 30.0 Å². The monoisotopic (exact) mass is 500 g/mol. The molecule has 36 heavy (non-hydrogen) atoms. The van der Waals surface area contributed by atoms with E-state index in [1.54, 1.807) is 23.1 Å². The SMILES string of the molecule is CC(=O)c1ccc(N2CCN(C(=O)c3cc(C(=O)O)ccc3N3CCOCC3)CC2)c(F)c1.CNC. The number of carbonyl (C=O) groups excluding carboxylic acids is 2. The van der Waals surface area contributed by atoms with E-state index >= 15 is 0 Å². The maximum absolute atomic E-state index is 14.5. The summed E-state index contributed by atoms with van der Waals surface area (Å²) in [7, 11) is 3.75. The third-order valence-corrected chi connectivity index (χ3v) is 6.09. The lowest BCUT2D eigenvalue weighted by molar-refractivity contribution is 0.0696. The number of ketones is 1. The fraction of sp³-hybridized carbons (Fsp3) is 0.423. The van der Waals surface area contributed by atoms with Gasteiger partial charge >= 0.3 is 5.97 Å². The summed E-state index contributed by atoms with van der Waals surface area (Å²) in [6.07, 6.45) is 0. The van der Waals surface area contributed by atoms with Crippen molar-refractivity contribution in [1.29, 1.82) is 0 Å². The molecule has 2 aromatic rings. The summed E-state index contributed by atoms with van der Waals surface area (Å²) in [5, 5.41) is 12.2. The number of carbonyl (C=O) groups is 3. The third-order valence-electron chi connectivity index (χ3n) is 6.09. The second-order valence-corrected chi connectivity index (χ2v) is 8.64. The quantitative estimate of drug-likeness (QED) is 0.604. The van der Waals surface area contributed by atoms with Crippen molar-refractivity contribution < 1.29 is 28.6 Å². The first-order valence-electron chi connectivity index (χ1n) is 11.9. The van der Waals surface area contributed by atoms with Gasteiger partial charge in [-0.2, -0.15) is 0 Å². The normalized spacial score (nSPS) is 15.7. The Hall–Kier alpha value is -3.50. The average molecular weight is 501 g/mol. The molecule has 0 unspecified atom stereocenters. The molecule has 2 aromatic carbocycles. The van der Waals surface area contributed by atoms with Crippen LogP contribution in [-0.2, 0) is 4.74 Å². The number of benzene rings is 2. The molecule has 2 aliphatic rings. The van der Waals surface area contributed by atoms with Gasteiger partial charge in [0.25, 0.3) is 5.91 Å². The number of halogens is 1. The summed E-state index contributed by atoms with van der Waals surface area (Å²) >= 11 is 0. The number of hydrogen-bond acceptors (Lipinski definition) is 7. The third kappa shape index (κ3) is 6.38. The van der Waals surface area contributed by atoms with Gasteiger partial charge in [0, 0.05) is 50.5 Å². The number of carboxylic acid groups (broad SMARTS) is 1. The van der Waals surface area contributed by atoms with Gasteiger partial charge < -0.3 is 29.9 Å². The standard InChI is InChI=1S/C24H26FN3O5.C2H7N/c1-16(29)17-2-5-22(20(25)15-17)26-6-8-28(9-7-26)23(30)19-14-18(24(31)32)3-4-21(19)27-10-12-33-13-11-27;1-3-2/h2-5,14-15H,6-13H2,1H3,(H,31,32);3H,1-2H3. The van der Waals surface area contributed by atoms with E-state index in [1.165, 1.54) is 25.1 Å². The number of morpholine rings is 1. The van der Waals surface area contributed by atoms with Crippen LogP contribution in [0, 0.1) is 5.82 Å². The highest BCUT2D eigenvalue weighted by Crippen LogP contribution is 2.27. The van der Waals surface area contributed by atoms with Gasteiger partial charge in [-0.3, -0.25) is 9.59 Å². The fourth-order valence-corrected chi connectivity index (χ4v) is 4.22. The number of nitrogens with zero attached hydrogens (tertiary/aromatic N) is 3. The summed E-state index contributed by atoms with van der Waals surface area (Å²) in [5.74, 6) is -2.00. The number of rotatable bonds is 5. The molecule has 0 atom stereocenters. The van der Waals surface area contributed by atoms with E-state index in [4.69, 9.17) is 4.74 Å². The minimum absolute atomic E-state index is 0.0571. The predicted molar refractivity (Wildman–Crippen MR) is 136 cm³/mol. The van der Waals surface area contributed by atoms with Gasteiger partial charge in [0.15, 0.2) is 5.78 Å². The molecule has 0 bridgehead atoms. The smallest absolute Gasteiger partial charge is 0.335 e. The van der Waals surface area contributed by atoms with Crippen molar-refractivity contribution in [3.8, 4) is 0 Å². The molecule has 0 aliphatic carbocycles. The molecule has 2 N–H and O–H groups in total. The van der Waals surface area contributed by atoms with E-state index in [2.05, 4.69) is 5.32 Å². The molecule has 2 heterocycles. The molecule has 0 aromatic heterocycles. The number of ether oxygens (including phenoxy) is 1. The van der Waals surface area contributed by atoms with E-state index in [-0.39, 0.29) is 17.3 Å². The van der Waals surface area contributed by atoms with Crippen LogP contribution >= 0.6 is 0 Å². The molecule has 9 nitrogen and oxygen atoms in total. The van der Waals surface area contributed by atoms with E-state index in [0.717, 1.165) is 0 Å². The largest absolute Gasteiger partial charge is 0.478 e. The Balaban J connectivity index is 0.00000115. The summed E-state index contributed by atoms with van der Waals surface area (Å²) in [6, 6.07) is 9.06. The zero-order chi connectivity index (χ0) is 26.2. The Labute approximate surface area is 210 Å². The van der Waals surface area contributed by atoms with Crippen LogP contribution in [0.15, 0.2) is 36.4 Å². The topological polar surface area (TPSA) is 102 Å². The van der Waals surface area contributed by atoms with E-state index in [0.29, 0.717) is 75.0 Å². The molecule has 4 rings (SSSR count). The Morgan fingerprint density at radius 2 is 1.42 bits per heavy atom. The molecule has 0 spiro atoms. The fourth-order valence-electron chi connectivity index (χ4n) is 4.22. The van der Waals surface area contributed by atoms with Crippen molar-refractivity contribution in [2.75, 3.05) is 76.4 Å². The Morgan fingerprint density at radius 3 is 1.97 bits per heavy atom. The number of Topliss-reactive ketones (excluding diaryl/α,β-unsaturated/α-hetero) is 1. The molecule has 0 saturated carbocycles. The summed E-state index contributed by atoms with van der Waals surface area (Å²) in [6.45, 7) is 5.30. The summed E-state index contributed by atoms with van der Waals surface area (Å²) in [5.41, 5.74) is 1.82. The van der Waals surface area contributed by atoms with E-state index < -0.39 is 11.8 Å². The highest BCUT2D eigenvalue weighted by molar-refractivity contribution is 6.02. The van der Waals surface area contributed by atoms with Gasteiger partial charge in [-0.15, -0.1) is 0 Å². The van der Waals surface area contributed by atoms with Crippen LogP contribution in [0.5, 0.6) is 0 Å². The van der Waals surface area contributed by atoms with Gasteiger partial charge in [-0.25, -0.2) is 9.18 Å². The lowest BCUT2D eigenvalue weighted by Gasteiger charge is -2.37. The van der Waals surface area contributed by atoms with Crippen molar-refractivity contribution in [3.63, 3.8) is 0 Å². The van der Waals surface area contributed by atoms with Gasteiger partial charge in [0.1, 0.15) is 5.82 Å². The van der Waals surface area contributed by atoms with E-state index in [1.807, 2.05) is 23.9 Å². The van der Waals surface area contributed by atoms with Crippen LogP contribution in [0.25, 0.3) is 0 Å². The molecule has 194 valence electrons. The molecular formula is C26H33FN4O5. The number of amides is 1. The van der Waals surface area contributed by atoms with E-state index in [9.17, 15) is 23.9 Å². The van der Waals surface area contributed by atoms with Crippen LogP contribution in [0.2, 0.25) is 0 Å². The number of carboxylic acids is 1. The number of nitrogens with one attached hydrogen (secondary N) is 1.